The van der Waals surface area contributed by atoms with Crippen LogP contribution in [0.3, 0.4) is 0 Å². The summed E-state index contributed by atoms with van der Waals surface area (Å²) < 4.78 is 37.4. The van der Waals surface area contributed by atoms with Crippen LogP contribution in [-0.4, -0.2) is 25.7 Å². The molecule has 0 aliphatic carbocycles. The minimum absolute atomic E-state index is 0.0451. The third kappa shape index (κ3) is 3.13. The first-order valence-electron chi connectivity index (χ1n) is 6.96. The number of benzene rings is 1. The van der Waals surface area contributed by atoms with Gasteiger partial charge in [0.05, 0.1) is 12.8 Å². The Morgan fingerprint density at radius 3 is 2.50 bits per heavy atom. The van der Waals surface area contributed by atoms with Crippen molar-refractivity contribution in [2.45, 2.75) is 18.7 Å². The van der Waals surface area contributed by atoms with Crippen molar-refractivity contribution < 1.29 is 17.7 Å². The Bertz CT molecular complexity index is 940. The third-order valence-electron chi connectivity index (χ3n) is 3.35. The monoisotopic (exact) mass is 365 g/mol. The van der Waals surface area contributed by atoms with Gasteiger partial charge in [0.2, 0.25) is 0 Å². The van der Waals surface area contributed by atoms with Crippen molar-refractivity contribution in [2.75, 3.05) is 11.8 Å². The lowest BCUT2D eigenvalue weighted by atomic mass is 10.2. The van der Waals surface area contributed by atoms with Crippen LogP contribution in [-0.2, 0) is 10.0 Å². The van der Waals surface area contributed by atoms with E-state index in [0.29, 0.717) is 11.4 Å². The fourth-order valence-corrected chi connectivity index (χ4v) is 4.54. The first-order chi connectivity index (χ1) is 11.4. The van der Waals surface area contributed by atoms with Crippen LogP contribution in [0.25, 0.3) is 11.3 Å². The largest absolute Gasteiger partial charge is 0.497 e. The van der Waals surface area contributed by atoms with Crippen LogP contribution < -0.4 is 9.46 Å². The molecular weight excluding hydrogens is 350 g/mol. The highest BCUT2D eigenvalue weighted by molar-refractivity contribution is 7.93. The quantitative estimate of drug-likeness (QED) is 0.746. The van der Waals surface area contributed by atoms with E-state index in [2.05, 4.69) is 14.9 Å². The van der Waals surface area contributed by atoms with Crippen LogP contribution >= 0.6 is 11.3 Å². The highest BCUT2D eigenvalue weighted by Crippen LogP contribution is 2.29. The van der Waals surface area contributed by atoms with Crippen LogP contribution in [0.1, 0.15) is 11.5 Å². The number of ether oxygens (including phenoxy) is 1. The van der Waals surface area contributed by atoms with Crippen LogP contribution in [0.4, 0.5) is 5.13 Å². The van der Waals surface area contributed by atoms with Crippen molar-refractivity contribution in [3.05, 3.63) is 41.1 Å². The summed E-state index contributed by atoms with van der Waals surface area (Å²) in [6.07, 6.45) is 0. The second-order valence-electron chi connectivity index (χ2n) is 5.03. The zero-order chi connectivity index (χ0) is 17.3. The SMILES string of the molecule is COc1ccc(-c2csc(NS(=O)(=O)c3c(C)noc3C)n2)cc1. The molecule has 0 aliphatic heterocycles. The predicted octanol–water partition coefficient (Wildman–Crippen LogP) is 3.22. The van der Waals surface area contributed by atoms with Crippen molar-refractivity contribution >= 4 is 26.5 Å². The van der Waals surface area contributed by atoms with E-state index in [-0.39, 0.29) is 15.8 Å². The molecule has 1 N–H and O–H groups in total. The summed E-state index contributed by atoms with van der Waals surface area (Å²) in [6, 6.07) is 7.37. The smallest absolute Gasteiger partial charge is 0.269 e. The maximum atomic E-state index is 12.5. The molecule has 0 saturated carbocycles. The molecule has 0 unspecified atom stereocenters. The molecule has 0 saturated heterocycles. The van der Waals surface area contributed by atoms with Gasteiger partial charge in [-0.25, -0.2) is 13.4 Å². The molecule has 9 heteroatoms. The number of aryl methyl sites for hydroxylation is 2. The normalized spacial score (nSPS) is 11.5. The van der Waals surface area contributed by atoms with Crippen molar-refractivity contribution in [1.82, 2.24) is 10.1 Å². The Balaban J connectivity index is 1.86. The number of sulfonamides is 1. The number of thiazole rings is 1. The first kappa shape index (κ1) is 16.5. The first-order valence-corrected chi connectivity index (χ1v) is 9.32. The molecule has 0 spiro atoms. The van der Waals surface area contributed by atoms with Crippen molar-refractivity contribution in [1.29, 1.82) is 0 Å². The van der Waals surface area contributed by atoms with Gasteiger partial charge in [-0.3, -0.25) is 4.72 Å². The van der Waals surface area contributed by atoms with Gasteiger partial charge < -0.3 is 9.26 Å². The summed E-state index contributed by atoms with van der Waals surface area (Å²) in [4.78, 5) is 4.37. The van der Waals surface area contributed by atoms with Gasteiger partial charge in [-0.15, -0.1) is 11.3 Å². The number of nitrogens with one attached hydrogen (secondary N) is 1. The molecule has 3 aromatic rings. The minimum Gasteiger partial charge on any atom is -0.497 e. The fourth-order valence-electron chi connectivity index (χ4n) is 2.24. The summed E-state index contributed by atoms with van der Waals surface area (Å²) in [5, 5.41) is 5.73. The van der Waals surface area contributed by atoms with Gasteiger partial charge in [0.1, 0.15) is 11.4 Å². The van der Waals surface area contributed by atoms with Crippen molar-refractivity contribution in [3.8, 4) is 17.0 Å². The van der Waals surface area contributed by atoms with E-state index in [0.717, 1.165) is 11.3 Å². The van der Waals surface area contributed by atoms with E-state index in [1.165, 1.54) is 11.3 Å². The van der Waals surface area contributed by atoms with Crippen molar-refractivity contribution in [2.24, 2.45) is 0 Å². The van der Waals surface area contributed by atoms with Gasteiger partial charge in [0, 0.05) is 10.9 Å². The Morgan fingerprint density at radius 1 is 1.21 bits per heavy atom. The second kappa shape index (κ2) is 6.25. The van der Waals surface area contributed by atoms with Crippen LogP contribution in [0.2, 0.25) is 0 Å². The zero-order valence-electron chi connectivity index (χ0n) is 13.2. The highest BCUT2D eigenvalue weighted by Gasteiger charge is 2.25. The van der Waals surface area contributed by atoms with E-state index in [9.17, 15) is 8.42 Å². The molecular formula is C15H15N3O4S2. The molecule has 0 aliphatic rings. The molecule has 126 valence electrons. The van der Waals surface area contributed by atoms with Gasteiger partial charge in [-0.1, -0.05) is 5.16 Å². The number of aromatic nitrogens is 2. The van der Waals surface area contributed by atoms with Gasteiger partial charge in [0.15, 0.2) is 15.8 Å². The molecule has 2 aromatic heterocycles. The molecule has 7 nitrogen and oxygen atoms in total. The van der Waals surface area contributed by atoms with Gasteiger partial charge in [-0.2, -0.15) is 0 Å². The average molecular weight is 365 g/mol. The summed E-state index contributed by atoms with van der Waals surface area (Å²) in [5.74, 6) is 0.986. The number of anilines is 1. The predicted molar refractivity (Wildman–Crippen MR) is 90.9 cm³/mol. The average Bonchev–Trinajstić information content (AvgIpc) is 3.14. The number of nitrogens with zero attached hydrogens (tertiary/aromatic N) is 2. The summed E-state index contributed by atoms with van der Waals surface area (Å²) in [5.41, 5.74) is 1.86. The molecule has 0 atom stereocenters. The van der Waals surface area contributed by atoms with Crippen LogP contribution in [0, 0.1) is 13.8 Å². The Kier molecular flexibility index (Phi) is 4.29. The van der Waals surface area contributed by atoms with Gasteiger partial charge >= 0.3 is 0 Å². The van der Waals surface area contributed by atoms with E-state index in [4.69, 9.17) is 9.26 Å². The number of methoxy groups -OCH3 is 1. The Morgan fingerprint density at radius 2 is 1.92 bits per heavy atom. The molecule has 1 aromatic carbocycles. The van der Waals surface area contributed by atoms with Crippen LogP contribution in [0.5, 0.6) is 5.75 Å². The number of rotatable bonds is 5. The number of hydrogen-bond donors (Lipinski definition) is 1. The molecule has 24 heavy (non-hydrogen) atoms. The Hall–Kier alpha value is -2.39. The maximum absolute atomic E-state index is 12.5. The molecule has 0 fully saturated rings. The fraction of sp³-hybridized carbons (Fsp3) is 0.200. The summed E-state index contributed by atoms with van der Waals surface area (Å²) in [7, 11) is -2.19. The zero-order valence-corrected chi connectivity index (χ0v) is 14.9. The highest BCUT2D eigenvalue weighted by atomic mass is 32.2. The molecule has 2 heterocycles. The van der Waals surface area contributed by atoms with E-state index >= 15 is 0 Å². The Labute approximate surface area is 143 Å². The summed E-state index contributed by atoms with van der Waals surface area (Å²) in [6.45, 7) is 3.13. The second-order valence-corrected chi connectivity index (χ2v) is 7.50. The lowest BCUT2D eigenvalue weighted by Gasteiger charge is -2.04. The molecule has 3 rings (SSSR count). The molecule has 0 bridgehead atoms. The maximum Gasteiger partial charge on any atom is 0.269 e. The van der Waals surface area contributed by atoms with Crippen molar-refractivity contribution in [3.63, 3.8) is 0 Å². The number of hydrogen-bond acceptors (Lipinski definition) is 7. The van der Waals surface area contributed by atoms with Gasteiger partial charge in [-0.05, 0) is 38.1 Å². The third-order valence-corrected chi connectivity index (χ3v) is 5.82. The van der Waals surface area contributed by atoms with Gasteiger partial charge in [0.25, 0.3) is 10.0 Å². The van der Waals surface area contributed by atoms with Crippen LogP contribution in [0.15, 0.2) is 39.1 Å². The van der Waals surface area contributed by atoms with E-state index in [1.54, 1.807) is 26.3 Å². The lowest BCUT2D eigenvalue weighted by molar-refractivity contribution is 0.390. The molecule has 0 amide bonds. The van der Waals surface area contributed by atoms with E-state index < -0.39 is 10.0 Å². The summed E-state index contributed by atoms with van der Waals surface area (Å²) >= 11 is 1.21. The standard InChI is InChI=1S/C15H15N3O4S2/c1-9-14(10(2)22-17-9)24(19,20)18-15-16-13(8-23-15)11-4-6-12(21-3)7-5-11/h4-8H,1-3H3,(H,16,18). The molecule has 0 radical (unpaired) electrons. The minimum atomic E-state index is -3.79. The topological polar surface area (TPSA) is 94.3 Å². The van der Waals surface area contributed by atoms with E-state index in [1.807, 2.05) is 24.3 Å². The lowest BCUT2D eigenvalue weighted by Crippen LogP contribution is -2.14.